The molecule has 0 aliphatic heterocycles. The SMILES string of the molecule is CC(N)c1ccc(N(C)C(C)C2CC2)cn1. The van der Waals surface area contributed by atoms with Crippen molar-refractivity contribution < 1.29 is 0 Å². The summed E-state index contributed by atoms with van der Waals surface area (Å²) in [5, 5.41) is 0. The summed E-state index contributed by atoms with van der Waals surface area (Å²) in [6, 6.07) is 4.77. The third kappa shape index (κ3) is 2.35. The minimum atomic E-state index is 0.0141. The molecule has 1 aromatic heterocycles. The van der Waals surface area contributed by atoms with Gasteiger partial charge in [-0.3, -0.25) is 4.98 Å². The Morgan fingerprint density at radius 2 is 2.06 bits per heavy atom. The molecule has 1 aliphatic carbocycles. The summed E-state index contributed by atoms with van der Waals surface area (Å²) in [4.78, 5) is 6.71. The number of anilines is 1. The van der Waals surface area contributed by atoms with E-state index in [2.05, 4.69) is 29.9 Å². The number of aromatic nitrogens is 1. The number of rotatable bonds is 4. The van der Waals surface area contributed by atoms with E-state index in [-0.39, 0.29) is 6.04 Å². The van der Waals surface area contributed by atoms with Gasteiger partial charge in [-0.05, 0) is 44.7 Å². The fraction of sp³-hybridized carbons (Fsp3) is 0.615. The number of nitrogens with zero attached hydrogens (tertiary/aromatic N) is 2. The Balaban J connectivity index is 2.08. The Morgan fingerprint density at radius 3 is 2.50 bits per heavy atom. The summed E-state index contributed by atoms with van der Waals surface area (Å²) < 4.78 is 0. The Labute approximate surface area is 97.7 Å². The third-order valence-electron chi connectivity index (χ3n) is 3.56. The van der Waals surface area contributed by atoms with Gasteiger partial charge in [-0.25, -0.2) is 0 Å². The van der Waals surface area contributed by atoms with Gasteiger partial charge in [0.05, 0.1) is 17.6 Å². The smallest absolute Gasteiger partial charge is 0.0569 e. The molecule has 1 aromatic rings. The first-order chi connectivity index (χ1) is 7.59. The maximum atomic E-state index is 5.78. The van der Waals surface area contributed by atoms with Gasteiger partial charge in [-0.15, -0.1) is 0 Å². The monoisotopic (exact) mass is 219 g/mol. The minimum absolute atomic E-state index is 0.0141. The molecule has 1 saturated carbocycles. The highest BCUT2D eigenvalue weighted by atomic mass is 15.1. The second kappa shape index (κ2) is 4.42. The van der Waals surface area contributed by atoms with Crippen LogP contribution in [0.25, 0.3) is 0 Å². The minimum Gasteiger partial charge on any atom is -0.370 e. The Bertz CT molecular complexity index is 341. The molecule has 2 rings (SSSR count). The van der Waals surface area contributed by atoms with Gasteiger partial charge in [-0.1, -0.05) is 0 Å². The molecule has 0 saturated heterocycles. The quantitative estimate of drug-likeness (QED) is 0.845. The van der Waals surface area contributed by atoms with E-state index in [1.54, 1.807) is 0 Å². The lowest BCUT2D eigenvalue weighted by molar-refractivity contribution is 0.608. The van der Waals surface area contributed by atoms with Crippen molar-refractivity contribution in [2.75, 3.05) is 11.9 Å². The van der Waals surface area contributed by atoms with Crippen LogP contribution in [0, 0.1) is 5.92 Å². The predicted octanol–water partition coefficient (Wildman–Crippen LogP) is 2.34. The molecule has 3 nitrogen and oxygen atoms in total. The summed E-state index contributed by atoms with van der Waals surface area (Å²) >= 11 is 0. The maximum Gasteiger partial charge on any atom is 0.0569 e. The van der Waals surface area contributed by atoms with E-state index in [9.17, 15) is 0 Å². The van der Waals surface area contributed by atoms with Gasteiger partial charge in [0.2, 0.25) is 0 Å². The van der Waals surface area contributed by atoms with Crippen LogP contribution in [0.15, 0.2) is 18.3 Å². The zero-order valence-electron chi connectivity index (χ0n) is 10.4. The van der Waals surface area contributed by atoms with Crippen LogP contribution >= 0.6 is 0 Å². The molecule has 2 unspecified atom stereocenters. The molecule has 0 radical (unpaired) electrons. The number of hydrogen-bond donors (Lipinski definition) is 1. The standard InChI is InChI=1S/C13H21N3/c1-9(14)13-7-6-12(8-15-13)16(3)10(2)11-4-5-11/h6-11H,4-5,14H2,1-3H3. The number of hydrogen-bond acceptors (Lipinski definition) is 3. The van der Waals surface area contributed by atoms with Crippen molar-refractivity contribution in [3.05, 3.63) is 24.0 Å². The van der Waals surface area contributed by atoms with Crippen LogP contribution in [-0.4, -0.2) is 18.1 Å². The van der Waals surface area contributed by atoms with Gasteiger partial charge >= 0.3 is 0 Å². The van der Waals surface area contributed by atoms with Crippen LogP contribution in [0.5, 0.6) is 0 Å². The van der Waals surface area contributed by atoms with E-state index in [0.29, 0.717) is 6.04 Å². The molecule has 2 N–H and O–H groups in total. The van der Waals surface area contributed by atoms with Gasteiger partial charge in [0.15, 0.2) is 0 Å². The summed E-state index contributed by atoms with van der Waals surface area (Å²) in [5.74, 6) is 0.873. The average Bonchev–Trinajstić information content (AvgIpc) is 3.11. The summed E-state index contributed by atoms with van der Waals surface area (Å²) in [5.41, 5.74) is 7.92. The molecular formula is C13H21N3. The molecule has 2 atom stereocenters. The Morgan fingerprint density at radius 1 is 1.38 bits per heavy atom. The molecule has 88 valence electrons. The Hall–Kier alpha value is -1.09. The van der Waals surface area contributed by atoms with Crippen LogP contribution in [0.4, 0.5) is 5.69 Å². The number of pyridine rings is 1. The molecular weight excluding hydrogens is 198 g/mol. The molecule has 16 heavy (non-hydrogen) atoms. The predicted molar refractivity (Wildman–Crippen MR) is 67.4 cm³/mol. The van der Waals surface area contributed by atoms with Crippen molar-refractivity contribution in [2.45, 2.75) is 38.8 Å². The Kier molecular flexibility index (Phi) is 3.15. The summed E-state index contributed by atoms with van der Waals surface area (Å²) in [6.45, 7) is 4.25. The van der Waals surface area contributed by atoms with Gasteiger partial charge in [0.25, 0.3) is 0 Å². The molecule has 1 aliphatic rings. The van der Waals surface area contributed by atoms with E-state index < -0.39 is 0 Å². The highest BCUT2D eigenvalue weighted by Gasteiger charge is 2.30. The van der Waals surface area contributed by atoms with Crippen molar-refractivity contribution in [1.29, 1.82) is 0 Å². The fourth-order valence-corrected chi connectivity index (χ4v) is 2.01. The summed E-state index contributed by atoms with van der Waals surface area (Å²) in [7, 11) is 2.14. The average molecular weight is 219 g/mol. The normalized spacial score (nSPS) is 19.2. The third-order valence-corrected chi connectivity index (χ3v) is 3.56. The van der Waals surface area contributed by atoms with Crippen molar-refractivity contribution in [2.24, 2.45) is 11.7 Å². The highest BCUT2D eigenvalue weighted by molar-refractivity contribution is 5.45. The first-order valence-corrected chi connectivity index (χ1v) is 6.04. The van der Waals surface area contributed by atoms with Crippen molar-refractivity contribution in [1.82, 2.24) is 4.98 Å². The van der Waals surface area contributed by atoms with Crippen molar-refractivity contribution >= 4 is 5.69 Å². The lowest BCUT2D eigenvalue weighted by Gasteiger charge is -2.26. The first-order valence-electron chi connectivity index (χ1n) is 6.04. The molecule has 1 fully saturated rings. The van der Waals surface area contributed by atoms with Crippen molar-refractivity contribution in [3.8, 4) is 0 Å². The highest BCUT2D eigenvalue weighted by Crippen LogP contribution is 2.36. The van der Waals surface area contributed by atoms with Gasteiger partial charge < -0.3 is 10.6 Å². The van der Waals surface area contributed by atoms with E-state index in [4.69, 9.17) is 5.73 Å². The van der Waals surface area contributed by atoms with Crippen molar-refractivity contribution in [3.63, 3.8) is 0 Å². The van der Waals surface area contributed by atoms with Crippen LogP contribution in [0.3, 0.4) is 0 Å². The van der Waals surface area contributed by atoms with Crippen LogP contribution < -0.4 is 10.6 Å². The summed E-state index contributed by atoms with van der Waals surface area (Å²) in [6.07, 6.45) is 4.67. The first kappa shape index (κ1) is 11.4. The van der Waals surface area contributed by atoms with E-state index in [0.717, 1.165) is 11.6 Å². The molecule has 0 bridgehead atoms. The largest absolute Gasteiger partial charge is 0.370 e. The van der Waals surface area contributed by atoms with E-state index in [1.165, 1.54) is 18.5 Å². The molecule has 3 heteroatoms. The van der Waals surface area contributed by atoms with Crippen LogP contribution in [-0.2, 0) is 0 Å². The second-order valence-electron chi connectivity index (χ2n) is 4.92. The van der Waals surface area contributed by atoms with E-state index >= 15 is 0 Å². The van der Waals surface area contributed by atoms with Gasteiger partial charge in [0, 0.05) is 19.1 Å². The zero-order chi connectivity index (χ0) is 11.7. The molecule has 1 heterocycles. The molecule has 0 aromatic carbocycles. The maximum absolute atomic E-state index is 5.78. The van der Waals surface area contributed by atoms with Crippen LogP contribution in [0.2, 0.25) is 0 Å². The fourth-order valence-electron chi connectivity index (χ4n) is 2.01. The van der Waals surface area contributed by atoms with E-state index in [1.807, 2.05) is 19.2 Å². The zero-order valence-corrected chi connectivity index (χ0v) is 10.4. The number of nitrogens with two attached hydrogens (primary N) is 1. The second-order valence-corrected chi connectivity index (χ2v) is 4.92. The topological polar surface area (TPSA) is 42.1 Å². The lowest BCUT2D eigenvalue weighted by atomic mass is 10.1. The lowest BCUT2D eigenvalue weighted by Crippen LogP contribution is -2.30. The molecule has 0 amide bonds. The van der Waals surface area contributed by atoms with Crippen LogP contribution in [0.1, 0.15) is 38.4 Å². The molecule has 0 spiro atoms. The van der Waals surface area contributed by atoms with Gasteiger partial charge in [0.1, 0.15) is 0 Å². The van der Waals surface area contributed by atoms with Gasteiger partial charge in [-0.2, -0.15) is 0 Å².